The number of rotatable bonds is 10. The fourth-order valence-corrected chi connectivity index (χ4v) is 5.91. The van der Waals surface area contributed by atoms with Gasteiger partial charge >= 0.3 is 0 Å². The Kier molecular flexibility index (Phi) is 9.18. The minimum Gasteiger partial charge on any atom is -0.372 e. The highest BCUT2D eigenvalue weighted by Crippen LogP contribution is 2.36. The fraction of sp³-hybridized carbons (Fsp3) is 0.769. The molecule has 0 spiro atoms. The Hall–Kier alpha value is -0.910. The maximum Gasteiger partial charge on any atom is 0.297 e. The SMILES string of the molecule is CC(C)c1cc(C(C)C)c(S(=O)(=O)OCCC(C)(C)OC2CCCCC2)c(C(C)C)c1. The average molecular weight is 453 g/mol. The Morgan fingerprint density at radius 1 is 0.903 bits per heavy atom. The lowest BCUT2D eigenvalue weighted by Crippen LogP contribution is -2.33. The van der Waals surface area contributed by atoms with Crippen LogP contribution in [0.25, 0.3) is 0 Å². The molecule has 1 aliphatic carbocycles. The standard InChI is InChI=1S/C26H44O4S/c1-18(2)21-16-23(19(3)4)25(24(17-21)20(5)6)31(27,28)29-15-14-26(7,8)30-22-12-10-9-11-13-22/h16-20,22H,9-15H2,1-8H3. The summed E-state index contributed by atoms with van der Waals surface area (Å²) in [6.45, 7) is 16.7. The Bertz CT molecular complexity index is 787. The fourth-order valence-electron chi connectivity index (χ4n) is 4.33. The summed E-state index contributed by atoms with van der Waals surface area (Å²) in [6.07, 6.45) is 6.74. The van der Waals surface area contributed by atoms with Crippen molar-refractivity contribution in [2.24, 2.45) is 0 Å². The van der Waals surface area contributed by atoms with Gasteiger partial charge in [0.05, 0.1) is 18.3 Å². The molecular formula is C26H44O4S. The molecule has 31 heavy (non-hydrogen) atoms. The maximum absolute atomic E-state index is 13.4. The largest absolute Gasteiger partial charge is 0.372 e. The molecule has 0 aromatic heterocycles. The van der Waals surface area contributed by atoms with Crippen LogP contribution in [-0.4, -0.2) is 26.7 Å². The smallest absolute Gasteiger partial charge is 0.297 e. The molecule has 0 bridgehead atoms. The highest BCUT2D eigenvalue weighted by molar-refractivity contribution is 7.86. The topological polar surface area (TPSA) is 52.6 Å². The third-order valence-corrected chi connectivity index (χ3v) is 7.76. The second-order valence-corrected chi connectivity index (χ2v) is 12.2. The van der Waals surface area contributed by atoms with Gasteiger partial charge in [-0.25, -0.2) is 0 Å². The zero-order valence-electron chi connectivity index (χ0n) is 21.0. The van der Waals surface area contributed by atoms with Gasteiger partial charge in [-0.3, -0.25) is 4.18 Å². The lowest BCUT2D eigenvalue weighted by Gasteiger charge is -2.33. The molecule has 2 rings (SSSR count). The van der Waals surface area contributed by atoms with Crippen LogP contribution in [0, 0.1) is 0 Å². The van der Waals surface area contributed by atoms with Crippen molar-refractivity contribution in [2.45, 2.75) is 128 Å². The lowest BCUT2D eigenvalue weighted by molar-refractivity contribution is -0.0921. The van der Waals surface area contributed by atoms with Crippen molar-refractivity contribution >= 4 is 10.1 Å². The Labute approximate surface area is 191 Å². The molecule has 0 saturated heterocycles. The first-order valence-electron chi connectivity index (χ1n) is 12.1. The van der Waals surface area contributed by atoms with E-state index in [0.717, 1.165) is 24.0 Å². The van der Waals surface area contributed by atoms with E-state index in [9.17, 15) is 8.42 Å². The molecule has 0 N–H and O–H groups in total. The van der Waals surface area contributed by atoms with Gasteiger partial charge in [0.25, 0.3) is 10.1 Å². The minimum absolute atomic E-state index is 0.0932. The van der Waals surface area contributed by atoms with Crippen LogP contribution in [0.1, 0.15) is 128 Å². The van der Waals surface area contributed by atoms with Gasteiger partial charge in [-0.15, -0.1) is 0 Å². The highest BCUT2D eigenvalue weighted by atomic mass is 32.2. The molecule has 0 aliphatic heterocycles. The van der Waals surface area contributed by atoms with Gasteiger partial charge in [0.15, 0.2) is 0 Å². The first-order valence-corrected chi connectivity index (χ1v) is 13.5. The molecule has 0 heterocycles. The zero-order chi connectivity index (χ0) is 23.4. The van der Waals surface area contributed by atoms with Crippen LogP contribution in [0.2, 0.25) is 0 Å². The van der Waals surface area contributed by atoms with Gasteiger partial charge in [-0.05, 0) is 61.1 Å². The van der Waals surface area contributed by atoms with Gasteiger partial charge < -0.3 is 4.74 Å². The molecule has 1 saturated carbocycles. The Morgan fingerprint density at radius 2 is 1.42 bits per heavy atom. The molecule has 5 heteroatoms. The van der Waals surface area contributed by atoms with E-state index in [1.807, 2.05) is 53.7 Å². The number of hydrogen-bond acceptors (Lipinski definition) is 4. The monoisotopic (exact) mass is 452 g/mol. The summed E-state index contributed by atoms with van der Waals surface area (Å²) in [5, 5.41) is 0. The van der Waals surface area contributed by atoms with Crippen LogP contribution in [-0.2, 0) is 19.0 Å². The summed E-state index contributed by atoms with van der Waals surface area (Å²) < 4.78 is 38.7. The Morgan fingerprint density at radius 3 is 1.87 bits per heavy atom. The summed E-state index contributed by atoms with van der Waals surface area (Å²) >= 11 is 0. The third-order valence-electron chi connectivity index (χ3n) is 6.31. The van der Waals surface area contributed by atoms with Gasteiger partial charge in [0.2, 0.25) is 0 Å². The summed E-state index contributed by atoms with van der Waals surface area (Å²) in [5.41, 5.74) is 2.48. The molecule has 1 aliphatic rings. The van der Waals surface area contributed by atoms with E-state index in [2.05, 4.69) is 13.8 Å². The summed E-state index contributed by atoms with van der Waals surface area (Å²) in [7, 11) is -3.87. The minimum atomic E-state index is -3.87. The molecule has 4 nitrogen and oxygen atoms in total. The van der Waals surface area contributed by atoms with E-state index >= 15 is 0 Å². The summed E-state index contributed by atoms with van der Waals surface area (Å²) in [5.74, 6) is 0.525. The van der Waals surface area contributed by atoms with E-state index in [1.54, 1.807) is 0 Å². The molecule has 0 unspecified atom stereocenters. The number of benzene rings is 1. The predicted molar refractivity (Wildman–Crippen MR) is 129 cm³/mol. The van der Waals surface area contributed by atoms with Crippen LogP contribution in [0.4, 0.5) is 0 Å². The first kappa shape index (κ1) is 26.3. The summed E-state index contributed by atoms with van der Waals surface area (Å²) in [6, 6.07) is 4.10. The van der Waals surface area contributed by atoms with Crippen molar-refractivity contribution in [1.29, 1.82) is 0 Å². The van der Waals surface area contributed by atoms with Crippen molar-refractivity contribution in [3.63, 3.8) is 0 Å². The molecule has 1 aromatic carbocycles. The van der Waals surface area contributed by atoms with Gasteiger partial charge in [0, 0.05) is 6.42 Å². The van der Waals surface area contributed by atoms with Crippen molar-refractivity contribution in [2.75, 3.05) is 6.61 Å². The van der Waals surface area contributed by atoms with Crippen molar-refractivity contribution in [3.05, 3.63) is 28.8 Å². The average Bonchev–Trinajstić information content (AvgIpc) is 2.66. The molecular weight excluding hydrogens is 408 g/mol. The van der Waals surface area contributed by atoms with Crippen LogP contribution >= 0.6 is 0 Å². The van der Waals surface area contributed by atoms with Crippen molar-refractivity contribution in [1.82, 2.24) is 0 Å². The number of hydrogen-bond donors (Lipinski definition) is 0. The van der Waals surface area contributed by atoms with E-state index < -0.39 is 15.7 Å². The predicted octanol–water partition coefficient (Wildman–Crippen LogP) is 7.28. The van der Waals surface area contributed by atoms with E-state index in [-0.39, 0.29) is 24.5 Å². The normalized spacial score (nSPS) is 16.6. The van der Waals surface area contributed by atoms with Crippen LogP contribution < -0.4 is 0 Å². The van der Waals surface area contributed by atoms with Gasteiger partial charge in [0.1, 0.15) is 4.90 Å². The molecule has 0 atom stereocenters. The molecule has 1 fully saturated rings. The first-order chi connectivity index (χ1) is 14.3. The second-order valence-electron chi connectivity index (χ2n) is 10.7. The molecule has 178 valence electrons. The molecule has 0 amide bonds. The van der Waals surface area contributed by atoms with Gasteiger partial charge in [-0.2, -0.15) is 8.42 Å². The van der Waals surface area contributed by atoms with Gasteiger partial charge in [-0.1, -0.05) is 72.9 Å². The Balaban J connectivity index is 2.22. The van der Waals surface area contributed by atoms with Crippen molar-refractivity contribution in [3.8, 4) is 0 Å². The van der Waals surface area contributed by atoms with Crippen molar-refractivity contribution < 1.29 is 17.3 Å². The maximum atomic E-state index is 13.4. The quantitative estimate of drug-likeness (QED) is 0.350. The third kappa shape index (κ3) is 7.30. The lowest BCUT2D eigenvalue weighted by atomic mass is 9.89. The highest BCUT2D eigenvalue weighted by Gasteiger charge is 2.30. The second kappa shape index (κ2) is 10.8. The number of ether oxygens (including phenoxy) is 1. The molecule has 1 aromatic rings. The zero-order valence-corrected chi connectivity index (χ0v) is 21.8. The summed E-state index contributed by atoms with van der Waals surface area (Å²) in [4.78, 5) is 0.368. The van der Waals surface area contributed by atoms with Crippen LogP contribution in [0.15, 0.2) is 17.0 Å². The van der Waals surface area contributed by atoms with Crippen LogP contribution in [0.3, 0.4) is 0 Å². The van der Waals surface area contributed by atoms with E-state index in [1.165, 1.54) is 24.8 Å². The van der Waals surface area contributed by atoms with Crippen LogP contribution in [0.5, 0.6) is 0 Å². The van der Waals surface area contributed by atoms with E-state index in [0.29, 0.717) is 17.2 Å². The van der Waals surface area contributed by atoms with E-state index in [4.69, 9.17) is 8.92 Å². The molecule has 0 radical (unpaired) electrons.